The molecule has 3 nitrogen and oxygen atoms in total. The summed E-state index contributed by atoms with van der Waals surface area (Å²) in [7, 11) is 3.56. The lowest BCUT2D eigenvalue weighted by molar-refractivity contribution is 0.409. The van der Waals surface area contributed by atoms with Gasteiger partial charge < -0.3 is 14.8 Å². The molecule has 0 atom stereocenters. The van der Waals surface area contributed by atoms with Crippen molar-refractivity contribution < 1.29 is 9.47 Å². The van der Waals surface area contributed by atoms with E-state index in [1.807, 2.05) is 49.5 Å². The van der Waals surface area contributed by atoms with E-state index in [1.54, 1.807) is 7.11 Å². The zero-order valence-electron chi connectivity index (χ0n) is 10.9. The van der Waals surface area contributed by atoms with Crippen molar-refractivity contribution in [2.24, 2.45) is 0 Å². The van der Waals surface area contributed by atoms with E-state index >= 15 is 0 Å². The maximum atomic E-state index is 5.80. The molecule has 0 fully saturated rings. The van der Waals surface area contributed by atoms with E-state index < -0.39 is 0 Å². The molecule has 0 aromatic heterocycles. The summed E-state index contributed by atoms with van der Waals surface area (Å²) in [6.45, 7) is 0.819. The normalized spacial score (nSPS) is 10.3. The standard InChI is InChI=1S/C15H16BrNO2/c1-17-10-11-6-7-14(9-15(11)16)19-13-5-3-4-12(8-13)18-2/h3-9,17H,10H2,1-2H3. The van der Waals surface area contributed by atoms with Gasteiger partial charge in [-0.15, -0.1) is 0 Å². The minimum Gasteiger partial charge on any atom is -0.497 e. The number of halogens is 1. The van der Waals surface area contributed by atoms with Crippen LogP contribution in [-0.2, 0) is 6.54 Å². The molecule has 0 amide bonds. The molecule has 0 saturated carbocycles. The van der Waals surface area contributed by atoms with E-state index in [1.165, 1.54) is 5.56 Å². The first kappa shape index (κ1) is 13.9. The molecular weight excluding hydrogens is 306 g/mol. The quantitative estimate of drug-likeness (QED) is 0.903. The first-order chi connectivity index (χ1) is 9.22. The van der Waals surface area contributed by atoms with Crippen LogP contribution in [0, 0.1) is 0 Å². The van der Waals surface area contributed by atoms with E-state index in [2.05, 4.69) is 21.2 Å². The zero-order valence-corrected chi connectivity index (χ0v) is 12.5. The number of benzene rings is 2. The molecule has 0 spiro atoms. The number of ether oxygens (including phenoxy) is 2. The number of rotatable bonds is 5. The van der Waals surface area contributed by atoms with E-state index in [0.29, 0.717) is 0 Å². The van der Waals surface area contributed by atoms with Gasteiger partial charge in [0.25, 0.3) is 0 Å². The predicted octanol–water partition coefficient (Wildman–Crippen LogP) is 3.97. The third-order valence-corrected chi connectivity index (χ3v) is 3.41. The fraction of sp³-hybridized carbons (Fsp3) is 0.200. The average molecular weight is 322 g/mol. The van der Waals surface area contributed by atoms with Gasteiger partial charge in [0.05, 0.1) is 7.11 Å². The fourth-order valence-corrected chi connectivity index (χ4v) is 2.22. The van der Waals surface area contributed by atoms with Crippen LogP contribution in [0.2, 0.25) is 0 Å². The summed E-state index contributed by atoms with van der Waals surface area (Å²) in [5, 5.41) is 3.12. The molecule has 19 heavy (non-hydrogen) atoms. The lowest BCUT2D eigenvalue weighted by Crippen LogP contribution is -2.05. The molecule has 4 heteroatoms. The van der Waals surface area contributed by atoms with Crippen molar-refractivity contribution in [2.75, 3.05) is 14.2 Å². The smallest absolute Gasteiger partial charge is 0.131 e. The molecular formula is C15H16BrNO2. The first-order valence-corrected chi connectivity index (χ1v) is 6.77. The van der Waals surface area contributed by atoms with E-state index in [4.69, 9.17) is 9.47 Å². The Kier molecular flexibility index (Phi) is 4.82. The second-order valence-electron chi connectivity index (χ2n) is 4.06. The third-order valence-electron chi connectivity index (χ3n) is 2.67. The minimum atomic E-state index is 0.757. The van der Waals surface area contributed by atoms with Crippen LogP contribution in [0.25, 0.3) is 0 Å². The number of hydrogen-bond donors (Lipinski definition) is 1. The number of nitrogens with one attached hydrogen (secondary N) is 1. The summed E-state index contributed by atoms with van der Waals surface area (Å²) in [5.41, 5.74) is 1.19. The highest BCUT2D eigenvalue weighted by atomic mass is 79.9. The molecule has 0 aliphatic carbocycles. The van der Waals surface area contributed by atoms with Crippen molar-refractivity contribution in [3.05, 3.63) is 52.5 Å². The molecule has 0 radical (unpaired) electrons. The van der Waals surface area contributed by atoms with Crippen LogP contribution >= 0.6 is 15.9 Å². The molecule has 0 aliphatic heterocycles. The van der Waals surface area contributed by atoms with Crippen LogP contribution in [-0.4, -0.2) is 14.2 Å². The van der Waals surface area contributed by atoms with Crippen LogP contribution in [0.5, 0.6) is 17.2 Å². The molecule has 2 rings (SSSR count). The lowest BCUT2D eigenvalue weighted by atomic mass is 10.2. The van der Waals surface area contributed by atoms with Crippen LogP contribution in [0.3, 0.4) is 0 Å². The van der Waals surface area contributed by atoms with Crippen molar-refractivity contribution in [3.8, 4) is 17.2 Å². The van der Waals surface area contributed by atoms with Gasteiger partial charge in [0.15, 0.2) is 0 Å². The van der Waals surface area contributed by atoms with Crippen LogP contribution < -0.4 is 14.8 Å². The topological polar surface area (TPSA) is 30.5 Å². The van der Waals surface area contributed by atoms with E-state index in [0.717, 1.165) is 28.3 Å². The molecule has 0 saturated heterocycles. The summed E-state index contributed by atoms with van der Waals surface area (Å²) in [6.07, 6.45) is 0. The Balaban J connectivity index is 2.16. The SMILES string of the molecule is CNCc1ccc(Oc2cccc(OC)c2)cc1Br. The Morgan fingerprint density at radius 1 is 1.05 bits per heavy atom. The largest absolute Gasteiger partial charge is 0.497 e. The summed E-state index contributed by atoms with van der Waals surface area (Å²) < 4.78 is 12.0. The highest BCUT2D eigenvalue weighted by Crippen LogP contribution is 2.28. The average Bonchev–Trinajstić information content (AvgIpc) is 2.42. The molecule has 2 aromatic rings. The van der Waals surface area contributed by atoms with E-state index in [9.17, 15) is 0 Å². The van der Waals surface area contributed by atoms with Gasteiger partial charge in [0.2, 0.25) is 0 Å². The lowest BCUT2D eigenvalue weighted by Gasteiger charge is -2.09. The van der Waals surface area contributed by atoms with Crippen molar-refractivity contribution in [3.63, 3.8) is 0 Å². The highest BCUT2D eigenvalue weighted by Gasteiger charge is 2.03. The van der Waals surface area contributed by atoms with Crippen LogP contribution in [0.15, 0.2) is 46.9 Å². The Morgan fingerprint density at radius 3 is 2.47 bits per heavy atom. The second-order valence-corrected chi connectivity index (χ2v) is 4.92. The second kappa shape index (κ2) is 6.59. The van der Waals surface area contributed by atoms with Gasteiger partial charge >= 0.3 is 0 Å². The molecule has 0 heterocycles. The van der Waals surface area contributed by atoms with Crippen molar-refractivity contribution in [2.45, 2.75) is 6.54 Å². The monoisotopic (exact) mass is 321 g/mol. The minimum absolute atomic E-state index is 0.757. The zero-order chi connectivity index (χ0) is 13.7. The van der Waals surface area contributed by atoms with Crippen molar-refractivity contribution >= 4 is 15.9 Å². The Hall–Kier alpha value is -1.52. The van der Waals surface area contributed by atoms with Crippen molar-refractivity contribution in [1.82, 2.24) is 5.32 Å². The summed E-state index contributed by atoms with van der Waals surface area (Å²) in [6, 6.07) is 13.5. The molecule has 0 aliphatic rings. The Labute approximate surface area is 121 Å². The summed E-state index contributed by atoms with van der Waals surface area (Å²) >= 11 is 3.54. The van der Waals surface area contributed by atoms with E-state index in [-0.39, 0.29) is 0 Å². The molecule has 2 aromatic carbocycles. The molecule has 0 unspecified atom stereocenters. The van der Waals surface area contributed by atoms with Gasteiger partial charge in [-0.25, -0.2) is 0 Å². The Morgan fingerprint density at radius 2 is 1.79 bits per heavy atom. The maximum absolute atomic E-state index is 5.80. The number of hydrogen-bond acceptors (Lipinski definition) is 3. The van der Waals surface area contributed by atoms with Crippen LogP contribution in [0.4, 0.5) is 0 Å². The summed E-state index contributed by atoms with van der Waals surface area (Å²) in [5.74, 6) is 2.33. The number of methoxy groups -OCH3 is 1. The van der Waals surface area contributed by atoms with Crippen LogP contribution in [0.1, 0.15) is 5.56 Å². The highest BCUT2D eigenvalue weighted by molar-refractivity contribution is 9.10. The van der Waals surface area contributed by atoms with Gasteiger partial charge in [-0.1, -0.05) is 28.1 Å². The summed E-state index contributed by atoms with van der Waals surface area (Å²) in [4.78, 5) is 0. The fourth-order valence-electron chi connectivity index (χ4n) is 1.73. The van der Waals surface area contributed by atoms with Gasteiger partial charge in [0.1, 0.15) is 17.2 Å². The van der Waals surface area contributed by atoms with Gasteiger partial charge in [0, 0.05) is 17.1 Å². The first-order valence-electron chi connectivity index (χ1n) is 5.98. The maximum Gasteiger partial charge on any atom is 0.131 e. The predicted molar refractivity (Wildman–Crippen MR) is 80.0 cm³/mol. The van der Waals surface area contributed by atoms with Gasteiger partial charge in [-0.05, 0) is 36.9 Å². The van der Waals surface area contributed by atoms with Gasteiger partial charge in [-0.2, -0.15) is 0 Å². The molecule has 100 valence electrons. The molecule has 0 bridgehead atoms. The third kappa shape index (κ3) is 3.72. The van der Waals surface area contributed by atoms with Gasteiger partial charge in [-0.3, -0.25) is 0 Å². The van der Waals surface area contributed by atoms with Crippen molar-refractivity contribution in [1.29, 1.82) is 0 Å². The molecule has 1 N–H and O–H groups in total. The Bertz CT molecular complexity index is 558.